The third-order valence-electron chi connectivity index (χ3n) is 6.20. The molecule has 0 bridgehead atoms. The van der Waals surface area contributed by atoms with Crippen LogP contribution in [0.15, 0.2) is 73.1 Å². The van der Waals surface area contributed by atoms with E-state index in [0.29, 0.717) is 26.1 Å². The number of aromatic nitrogens is 1. The molecule has 0 spiro atoms. The first-order valence-electron chi connectivity index (χ1n) is 11.3. The fourth-order valence-corrected chi connectivity index (χ4v) is 4.38. The number of nitrogens with zero attached hydrogens (tertiary/aromatic N) is 3. The standard InChI is InChI=1S/C27H29N3O3/c1-3-29-15-16-30(26(31)17-20-10-12-23(33-2)13-11-20)25(27(29)32)18-21-7-4-5-9-24(21)22-8-6-14-28-19-22/h4-14,19,25H,3,15-18H2,1-2H3. The third kappa shape index (κ3) is 5.06. The molecule has 0 aliphatic carbocycles. The van der Waals surface area contributed by atoms with Crippen molar-refractivity contribution in [3.05, 3.63) is 84.2 Å². The lowest BCUT2D eigenvalue weighted by molar-refractivity contribution is -0.150. The van der Waals surface area contributed by atoms with E-state index in [1.54, 1.807) is 18.2 Å². The summed E-state index contributed by atoms with van der Waals surface area (Å²) in [5.41, 5.74) is 3.97. The van der Waals surface area contributed by atoms with Gasteiger partial charge < -0.3 is 14.5 Å². The van der Waals surface area contributed by atoms with Crippen LogP contribution < -0.4 is 4.74 Å². The predicted octanol–water partition coefficient (Wildman–Crippen LogP) is 3.60. The van der Waals surface area contributed by atoms with E-state index >= 15 is 0 Å². The second-order valence-corrected chi connectivity index (χ2v) is 8.15. The molecule has 170 valence electrons. The van der Waals surface area contributed by atoms with Gasteiger partial charge in [-0.2, -0.15) is 0 Å². The number of carbonyl (C=O) groups is 2. The van der Waals surface area contributed by atoms with Crippen molar-refractivity contribution in [2.75, 3.05) is 26.7 Å². The summed E-state index contributed by atoms with van der Waals surface area (Å²) in [5, 5.41) is 0. The molecule has 1 aliphatic rings. The predicted molar refractivity (Wildman–Crippen MR) is 128 cm³/mol. The number of amides is 2. The van der Waals surface area contributed by atoms with Gasteiger partial charge >= 0.3 is 0 Å². The summed E-state index contributed by atoms with van der Waals surface area (Å²) in [7, 11) is 1.62. The summed E-state index contributed by atoms with van der Waals surface area (Å²) in [6, 6.07) is 18.9. The van der Waals surface area contributed by atoms with Gasteiger partial charge in [0.15, 0.2) is 0 Å². The van der Waals surface area contributed by atoms with Crippen LogP contribution in [0, 0.1) is 0 Å². The summed E-state index contributed by atoms with van der Waals surface area (Å²) in [6.07, 6.45) is 4.29. The SMILES string of the molecule is CCN1CCN(C(=O)Cc2ccc(OC)cc2)C(Cc2ccccc2-c2cccnc2)C1=O. The smallest absolute Gasteiger partial charge is 0.245 e. The molecular formula is C27H29N3O3. The molecule has 2 amide bonds. The van der Waals surface area contributed by atoms with Crippen LogP contribution in [0.1, 0.15) is 18.1 Å². The van der Waals surface area contributed by atoms with Crippen molar-refractivity contribution in [2.45, 2.75) is 25.8 Å². The Morgan fingerprint density at radius 2 is 1.85 bits per heavy atom. The number of rotatable bonds is 7. The van der Waals surface area contributed by atoms with Crippen molar-refractivity contribution in [2.24, 2.45) is 0 Å². The maximum atomic E-state index is 13.4. The molecule has 6 nitrogen and oxygen atoms in total. The van der Waals surface area contributed by atoms with Crippen LogP contribution in [0.25, 0.3) is 11.1 Å². The van der Waals surface area contributed by atoms with E-state index in [-0.39, 0.29) is 18.2 Å². The largest absolute Gasteiger partial charge is 0.497 e. The molecule has 0 N–H and O–H groups in total. The minimum atomic E-state index is -0.526. The number of methoxy groups -OCH3 is 1. The topological polar surface area (TPSA) is 62.7 Å². The molecule has 4 rings (SSSR count). The summed E-state index contributed by atoms with van der Waals surface area (Å²) in [4.78, 5) is 34.5. The van der Waals surface area contributed by atoms with Gasteiger partial charge in [0.2, 0.25) is 11.8 Å². The van der Waals surface area contributed by atoms with Gasteiger partial charge in [-0.05, 0) is 41.8 Å². The summed E-state index contributed by atoms with van der Waals surface area (Å²) in [6.45, 7) is 3.71. The van der Waals surface area contributed by atoms with Crippen molar-refractivity contribution in [1.29, 1.82) is 0 Å². The van der Waals surface area contributed by atoms with Gasteiger partial charge in [0, 0.05) is 44.0 Å². The van der Waals surface area contributed by atoms with Crippen molar-refractivity contribution in [3.8, 4) is 16.9 Å². The quantitative estimate of drug-likeness (QED) is 0.560. The van der Waals surface area contributed by atoms with Gasteiger partial charge in [-0.25, -0.2) is 0 Å². The fourth-order valence-electron chi connectivity index (χ4n) is 4.38. The summed E-state index contributed by atoms with van der Waals surface area (Å²) in [5.74, 6) is 0.726. The zero-order valence-electron chi connectivity index (χ0n) is 19.1. The Kier molecular flexibility index (Phi) is 7.03. The van der Waals surface area contributed by atoms with E-state index in [9.17, 15) is 9.59 Å². The van der Waals surface area contributed by atoms with Crippen LogP contribution >= 0.6 is 0 Å². The van der Waals surface area contributed by atoms with E-state index < -0.39 is 6.04 Å². The minimum absolute atomic E-state index is 0.00724. The molecule has 1 atom stereocenters. The first-order valence-corrected chi connectivity index (χ1v) is 11.3. The molecule has 2 aromatic carbocycles. The van der Waals surface area contributed by atoms with Crippen molar-refractivity contribution in [3.63, 3.8) is 0 Å². The Hall–Kier alpha value is -3.67. The average Bonchev–Trinajstić information content (AvgIpc) is 2.86. The molecule has 33 heavy (non-hydrogen) atoms. The number of ether oxygens (including phenoxy) is 1. The highest BCUT2D eigenvalue weighted by Gasteiger charge is 2.37. The first-order chi connectivity index (χ1) is 16.1. The van der Waals surface area contributed by atoms with Crippen molar-refractivity contribution < 1.29 is 14.3 Å². The molecule has 1 unspecified atom stereocenters. The second-order valence-electron chi connectivity index (χ2n) is 8.15. The maximum Gasteiger partial charge on any atom is 0.245 e. The van der Waals surface area contributed by atoms with Gasteiger partial charge in [0.05, 0.1) is 13.5 Å². The number of benzene rings is 2. The van der Waals surface area contributed by atoms with Gasteiger partial charge in [-0.15, -0.1) is 0 Å². The van der Waals surface area contributed by atoms with Gasteiger partial charge in [-0.3, -0.25) is 14.6 Å². The highest BCUT2D eigenvalue weighted by Crippen LogP contribution is 2.27. The lowest BCUT2D eigenvalue weighted by Gasteiger charge is -2.40. The van der Waals surface area contributed by atoms with E-state index in [1.807, 2.05) is 78.7 Å². The van der Waals surface area contributed by atoms with Gasteiger partial charge in [0.25, 0.3) is 0 Å². The maximum absolute atomic E-state index is 13.4. The zero-order valence-corrected chi connectivity index (χ0v) is 19.1. The Morgan fingerprint density at radius 1 is 1.06 bits per heavy atom. The number of hydrogen-bond donors (Lipinski definition) is 0. The van der Waals surface area contributed by atoms with Crippen LogP contribution in [-0.4, -0.2) is 59.4 Å². The molecule has 1 fully saturated rings. The monoisotopic (exact) mass is 443 g/mol. The molecule has 1 aliphatic heterocycles. The molecular weight excluding hydrogens is 414 g/mol. The Bertz CT molecular complexity index is 1100. The van der Waals surface area contributed by atoms with E-state index in [1.165, 1.54) is 0 Å². The molecule has 1 aromatic heterocycles. The number of hydrogen-bond acceptors (Lipinski definition) is 4. The van der Waals surface area contributed by atoms with E-state index in [4.69, 9.17) is 4.74 Å². The average molecular weight is 444 g/mol. The van der Waals surface area contributed by atoms with Crippen LogP contribution in [-0.2, 0) is 22.4 Å². The van der Waals surface area contributed by atoms with Gasteiger partial charge in [-0.1, -0.05) is 42.5 Å². The van der Waals surface area contributed by atoms with Crippen molar-refractivity contribution in [1.82, 2.24) is 14.8 Å². The Morgan fingerprint density at radius 3 is 2.55 bits per heavy atom. The Balaban J connectivity index is 1.60. The lowest BCUT2D eigenvalue weighted by Crippen LogP contribution is -2.59. The van der Waals surface area contributed by atoms with Crippen LogP contribution in [0.5, 0.6) is 5.75 Å². The highest BCUT2D eigenvalue weighted by atomic mass is 16.5. The zero-order chi connectivity index (χ0) is 23.2. The lowest BCUT2D eigenvalue weighted by atomic mass is 9.93. The number of pyridine rings is 1. The van der Waals surface area contributed by atoms with E-state index in [2.05, 4.69) is 4.98 Å². The summed E-state index contributed by atoms with van der Waals surface area (Å²) < 4.78 is 5.21. The molecule has 1 saturated heterocycles. The number of carbonyl (C=O) groups excluding carboxylic acids is 2. The van der Waals surface area contributed by atoms with Crippen LogP contribution in [0.3, 0.4) is 0 Å². The molecule has 3 aromatic rings. The third-order valence-corrected chi connectivity index (χ3v) is 6.20. The highest BCUT2D eigenvalue weighted by molar-refractivity contribution is 5.90. The van der Waals surface area contributed by atoms with Crippen molar-refractivity contribution >= 4 is 11.8 Å². The molecule has 6 heteroatoms. The van der Waals surface area contributed by atoms with E-state index in [0.717, 1.165) is 28.0 Å². The molecule has 2 heterocycles. The minimum Gasteiger partial charge on any atom is -0.497 e. The second kappa shape index (κ2) is 10.3. The Labute approximate surface area is 194 Å². The summed E-state index contributed by atoms with van der Waals surface area (Å²) >= 11 is 0. The molecule has 0 radical (unpaired) electrons. The fraction of sp³-hybridized carbons (Fsp3) is 0.296. The van der Waals surface area contributed by atoms with Crippen LogP contribution in [0.2, 0.25) is 0 Å². The van der Waals surface area contributed by atoms with Gasteiger partial charge in [0.1, 0.15) is 11.8 Å². The van der Waals surface area contributed by atoms with Crippen LogP contribution in [0.4, 0.5) is 0 Å². The number of piperazine rings is 1. The first kappa shape index (κ1) is 22.5. The number of likely N-dealkylation sites (N-methyl/N-ethyl adjacent to an activating group) is 1. The normalized spacial score (nSPS) is 16.1. The molecule has 0 saturated carbocycles.